The van der Waals surface area contributed by atoms with Crippen molar-refractivity contribution in [3.63, 3.8) is 0 Å². The molecule has 3 heterocycles. The number of aromatic amines is 1. The molecule has 0 fully saturated rings. The minimum Gasteiger partial charge on any atom is -0.490 e. The van der Waals surface area contributed by atoms with E-state index in [2.05, 4.69) is 16.0 Å². The third-order valence-corrected chi connectivity index (χ3v) is 5.74. The van der Waals surface area contributed by atoms with Gasteiger partial charge in [-0.1, -0.05) is 30.3 Å². The number of primary amides is 1. The number of ether oxygens (including phenoxy) is 1. The number of aromatic nitrogens is 2. The van der Waals surface area contributed by atoms with Gasteiger partial charge in [-0.2, -0.15) is 0 Å². The lowest BCUT2D eigenvalue weighted by atomic mass is 9.99. The third kappa shape index (κ3) is 4.42. The number of para-hydroxylation sites is 1. The predicted octanol–water partition coefficient (Wildman–Crippen LogP) is 4.54. The Bertz CT molecular complexity index is 1440. The van der Waals surface area contributed by atoms with Crippen molar-refractivity contribution in [2.45, 2.75) is 12.5 Å². The van der Waals surface area contributed by atoms with Crippen LogP contribution in [0.15, 0.2) is 90.0 Å². The smallest absolute Gasteiger partial charge is 0.248 e. The highest BCUT2D eigenvalue weighted by atomic mass is 16.5. The van der Waals surface area contributed by atoms with Crippen LogP contribution in [0.2, 0.25) is 0 Å². The summed E-state index contributed by atoms with van der Waals surface area (Å²) in [6.07, 6.45) is 7.56. The summed E-state index contributed by atoms with van der Waals surface area (Å²) in [4.78, 5) is 19.6. The van der Waals surface area contributed by atoms with Crippen LogP contribution in [-0.4, -0.2) is 28.5 Å². The minimum atomic E-state index is -0.490. The standard InChI is InChI=1S/C27H24N4O3/c28-21(11-20-13-30-25-7-2-1-6-23(20)25)16-34-22-12-24(17-4-3-5-18(10-17)27(29)32)26(31-14-22)19-8-9-33-15-19/h1-10,12-15,21,30H,11,16,28H2,(H2,29,32)/t21-/m1/s1. The summed E-state index contributed by atoms with van der Waals surface area (Å²) in [5, 5.41) is 1.17. The maximum Gasteiger partial charge on any atom is 0.248 e. The summed E-state index contributed by atoms with van der Waals surface area (Å²) < 4.78 is 11.3. The molecule has 7 heteroatoms. The van der Waals surface area contributed by atoms with Crippen molar-refractivity contribution >= 4 is 16.8 Å². The molecule has 0 bridgehead atoms. The average Bonchev–Trinajstić information content (AvgIpc) is 3.53. The Hall–Kier alpha value is -4.36. The van der Waals surface area contributed by atoms with Gasteiger partial charge in [-0.15, -0.1) is 0 Å². The summed E-state index contributed by atoms with van der Waals surface area (Å²) in [5.74, 6) is 0.0939. The number of nitrogens with one attached hydrogen (secondary N) is 1. The van der Waals surface area contributed by atoms with Gasteiger partial charge in [-0.05, 0) is 47.9 Å². The molecule has 5 N–H and O–H groups in total. The fourth-order valence-corrected chi connectivity index (χ4v) is 4.06. The maximum absolute atomic E-state index is 11.7. The molecule has 0 aliphatic carbocycles. The largest absolute Gasteiger partial charge is 0.490 e. The fraction of sp³-hybridized carbons (Fsp3) is 0.111. The van der Waals surface area contributed by atoms with Crippen LogP contribution < -0.4 is 16.2 Å². The van der Waals surface area contributed by atoms with Crippen LogP contribution in [0.4, 0.5) is 0 Å². The number of carbonyl (C=O) groups is 1. The van der Waals surface area contributed by atoms with Crippen molar-refractivity contribution in [2.24, 2.45) is 11.5 Å². The van der Waals surface area contributed by atoms with E-state index < -0.39 is 5.91 Å². The highest BCUT2D eigenvalue weighted by Crippen LogP contribution is 2.34. The Morgan fingerprint density at radius 1 is 1.09 bits per heavy atom. The summed E-state index contributed by atoms with van der Waals surface area (Å²) in [5.41, 5.74) is 17.7. The van der Waals surface area contributed by atoms with Crippen LogP contribution in [-0.2, 0) is 6.42 Å². The number of rotatable bonds is 8. The number of nitrogens with zero attached hydrogens (tertiary/aromatic N) is 1. The molecular weight excluding hydrogens is 428 g/mol. The first-order valence-electron chi connectivity index (χ1n) is 10.9. The van der Waals surface area contributed by atoms with Crippen LogP contribution in [0.1, 0.15) is 15.9 Å². The molecule has 0 aliphatic heterocycles. The molecule has 3 aromatic heterocycles. The molecule has 0 saturated heterocycles. The average molecular weight is 453 g/mol. The summed E-state index contributed by atoms with van der Waals surface area (Å²) in [7, 11) is 0. The molecule has 34 heavy (non-hydrogen) atoms. The number of nitrogens with two attached hydrogens (primary N) is 2. The van der Waals surface area contributed by atoms with Crippen molar-refractivity contribution in [3.05, 3.63) is 96.7 Å². The molecule has 5 aromatic rings. The van der Waals surface area contributed by atoms with E-state index in [4.69, 9.17) is 20.6 Å². The van der Waals surface area contributed by atoms with Crippen LogP contribution in [0.5, 0.6) is 5.75 Å². The Labute approximate surface area is 196 Å². The zero-order chi connectivity index (χ0) is 23.5. The lowest BCUT2D eigenvalue weighted by Gasteiger charge is -2.15. The predicted molar refractivity (Wildman–Crippen MR) is 131 cm³/mol. The zero-order valence-corrected chi connectivity index (χ0v) is 18.4. The molecular formula is C27H24N4O3. The number of furan rings is 1. The van der Waals surface area contributed by atoms with Gasteiger partial charge in [0.15, 0.2) is 0 Å². The molecule has 0 spiro atoms. The van der Waals surface area contributed by atoms with E-state index in [0.29, 0.717) is 30.0 Å². The van der Waals surface area contributed by atoms with E-state index in [-0.39, 0.29) is 6.04 Å². The van der Waals surface area contributed by atoms with Gasteiger partial charge < -0.3 is 25.6 Å². The van der Waals surface area contributed by atoms with Gasteiger partial charge in [-0.3, -0.25) is 9.78 Å². The van der Waals surface area contributed by atoms with Gasteiger partial charge >= 0.3 is 0 Å². The van der Waals surface area contributed by atoms with Gasteiger partial charge in [-0.25, -0.2) is 0 Å². The molecule has 0 unspecified atom stereocenters. The van der Waals surface area contributed by atoms with Crippen LogP contribution >= 0.6 is 0 Å². The highest BCUT2D eigenvalue weighted by molar-refractivity contribution is 5.95. The lowest BCUT2D eigenvalue weighted by Crippen LogP contribution is -2.30. The van der Waals surface area contributed by atoms with Crippen LogP contribution in [0.3, 0.4) is 0 Å². The maximum atomic E-state index is 11.7. The van der Waals surface area contributed by atoms with Crippen molar-refractivity contribution in [1.29, 1.82) is 0 Å². The Morgan fingerprint density at radius 2 is 1.97 bits per heavy atom. The van der Waals surface area contributed by atoms with Gasteiger partial charge in [0.05, 0.1) is 24.4 Å². The van der Waals surface area contributed by atoms with Crippen molar-refractivity contribution in [2.75, 3.05) is 6.61 Å². The second-order valence-electron chi connectivity index (χ2n) is 8.16. The summed E-state index contributed by atoms with van der Waals surface area (Å²) in [6.45, 7) is 0.326. The normalized spacial score (nSPS) is 12.0. The number of pyridine rings is 1. The lowest BCUT2D eigenvalue weighted by molar-refractivity contribution is 0.100. The number of fused-ring (bicyclic) bond motifs is 1. The van der Waals surface area contributed by atoms with E-state index in [1.165, 1.54) is 5.39 Å². The summed E-state index contributed by atoms with van der Waals surface area (Å²) in [6, 6.07) is 18.8. The second-order valence-corrected chi connectivity index (χ2v) is 8.16. The molecule has 5 rings (SSSR count). The Balaban J connectivity index is 1.38. The van der Waals surface area contributed by atoms with Gasteiger partial charge in [0.1, 0.15) is 12.4 Å². The quantitative estimate of drug-likeness (QED) is 0.319. The molecule has 0 aliphatic rings. The monoisotopic (exact) mass is 452 g/mol. The van der Waals surface area contributed by atoms with Crippen molar-refractivity contribution in [1.82, 2.24) is 9.97 Å². The Morgan fingerprint density at radius 3 is 2.79 bits per heavy atom. The minimum absolute atomic E-state index is 0.200. The van der Waals surface area contributed by atoms with Crippen LogP contribution in [0.25, 0.3) is 33.3 Å². The van der Waals surface area contributed by atoms with E-state index >= 15 is 0 Å². The molecule has 0 radical (unpaired) electrons. The molecule has 2 aromatic carbocycles. The number of amides is 1. The molecule has 1 amide bonds. The highest BCUT2D eigenvalue weighted by Gasteiger charge is 2.15. The number of hydrogen-bond donors (Lipinski definition) is 3. The molecule has 1 atom stereocenters. The van der Waals surface area contributed by atoms with Gasteiger partial charge in [0.2, 0.25) is 5.91 Å². The first kappa shape index (κ1) is 21.5. The molecule has 0 saturated carbocycles. The van der Waals surface area contributed by atoms with E-state index in [9.17, 15) is 4.79 Å². The van der Waals surface area contributed by atoms with Gasteiger partial charge in [0.25, 0.3) is 0 Å². The summed E-state index contributed by atoms with van der Waals surface area (Å²) >= 11 is 0. The molecule has 7 nitrogen and oxygen atoms in total. The van der Waals surface area contributed by atoms with Gasteiger partial charge in [0, 0.05) is 39.8 Å². The number of H-pyrrole nitrogens is 1. The van der Waals surface area contributed by atoms with E-state index in [0.717, 1.165) is 27.8 Å². The first-order valence-corrected chi connectivity index (χ1v) is 10.9. The Kier molecular flexibility index (Phi) is 5.84. The van der Waals surface area contributed by atoms with Crippen molar-refractivity contribution in [3.8, 4) is 28.1 Å². The molecule has 170 valence electrons. The number of carbonyl (C=O) groups excluding carboxylic acids is 1. The number of benzene rings is 2. The first-order chi connectivity index (χ1) is 16.6. The second kappa shape index (κ2) is 9.25. The zero-order valence-electron chi connectivity index (χ0n) is 18.4. The number of hydrogen-bond acceptors (Lipinski definition) is 5. The fourth-order valence-electron chi connectivity index (χ4n) is 4.06. The SMILES string of the molecule is NC(=O)c1cccc(-c2cc(OC[C@H](N)Cc3c[nH]c4ccccc34)cnc2-c2ccoc2)c1. The topological polar surface area (TPSA) is 120 Å². The van der Waals surface area contributed by atoms with Crippen LogP contribution in [0, 0.1) is 0 Å². The van der Waals surface area contributed by atoms with E-state index in [1.807, 2.05) is 42.6 Å². The van der Waals surface area contributed by atoms with Crippen molar-refractivity contribution < 1.29 is 13.9 Å². The van der Waals surface area contributed by atoms with E-state index in [1.54, 1.807) is 36.9 Å². The third-order valence-electron chi connectivity index (χ3n) is 5.74.